The molecule has 2 saturated heterocycles. The van der Waals surface area contributed by atoms with Gasteiger partial charge in [-0.25, -0.2) is 0 Å². The second-order valence-corrected chi connectivity index (χ2v) is 7.43. The van der Waals surface area contributed by atoms with Gasteiger partial charge in [0.1, 0.15) is 0 Å². The molecule has 2 aliphatic heterocycles. The van der Waals surface area contributed by atoms with Gasteiger partial charge >= 0.3 is 5.97 Å². The largest absolute Gasteiger partial charge is 0.481 e. The second kappa shape index (κ2) is 8.99. The molecule has 25 heavy (non-hydrogen) atoms. The summed E-state index contributed by atoms with van der Waals surface area (Å²) in [6.07, 6.45) is 2.05. The van der Waals surface area contributed by atoms with Crippen LogP contribution in [0.15, 0.2) is 24.3 Å². The van der Waals surface area contributed by atoms with Gasteiger partial charge in [0, 0.05) is 43.7 Å². The SMILES string of the molecule is O=C(O)CC[C@H]1CN(Cc2ccccc2Cl)CC[C@H]1N1CCOCC1. The summed E-state index contributed by atoms with van der Waals surface area (Å²) in [5.41, 5.74) is 1.14. The number of benzene rings is 1. The first-order valence-corrected chi connectivity index (χ1v) is 9.50. The van der Waals surface area contributed by atoms with Crippen molar-refractivity contribution < 1.29 is 14.6 Å². The molecule has 2 fully saturated rings. The van der Waals surface area contributed by atoms with Crippen molar-refractivity contribution in [1.82, 2.24) is 9.80 Å². The molecule has 2 heterocycles. The van der Waals surface area contributed by atoms with Crippen molar-refractivity contribution in [3.05, 3.63) is 34.9 Å². The maximum Gasteiger partial charge on any atom is 0.303 e. The highest BCUT2D eigenvalue weighted by molar-refractivity contribution is 6.31. The van der Waals surface area contributed by atoms with Gasteiger partial charge in [-0.2, -0.15) is 0 Å². The first-order valence-electron chi connectivity index (χ1n) is 9.13. The van der Waals surface area contributed by atoms with E-state index < -0.39 is 5.97 Å². The van der Waals surface area contributed by atoms with E-state index in [2.05, 4.69) is 15.9 Å². The molecule has 6 heteroatoms. The van der Waals surface area contributed by atoms with E-state index in [-0.39, 0.29) is 6.42 Å². The summed E-state index contributed by atoms with van der Waals surface area (Å²) in [5, 5.41) is 9.92. The Labute approximate surface area is 154 Å². The molecule has 1 aromatic rings. The summed E-state index contributed by atoms with van der Waals surface area (Å²) in [7, 11) is 0. The lowest BCUT2D eigenvalue weighted by Crippen LogP contribution is -2.53. The molecule has 5 nitrogen and oxygen atoms in total. The number of morpholine rings is 1. The second-order valence-electron chi connectivity index (χ2n) is 7.02. The smallest absolute Gasteiger partial charge is 0.303 e. The topological polar surface area (TPSA) is 53.0 Å². The molecule has 0 bridgehead atoms. The van der Waals surface area contributed by atoms with Crippen LogP contribution in [0.5, 0.6) is 0 Å². The standard InChI is InChI=1S/C19H27ClN2O3/c20-17-4-2-1-3-15(17)13-21-8-7-18(22-9-11-25-12-10-22)16(14-21)5-6-19(23)24/h1-4,16,18H,5-14H2,(H,23,24)/t16-,18+/m0/s1. The van der Waals surface area contributed by atoms with E-state index in [1.807, 2.05) is 18.2 Å². The molecule has 1 aromatic carbocycles. The van der Waals surface area contributed by atoms with E-state index >= 15 is 0 Å². The number of piperidine rings is 1. The molecule has 0 aromatic heterocycles. The van der Waals surface area contributed by atoms with Gasteiger partial charge in [0.05, 0.1) is 13.2 Å². The van der Waals surface area contributed by atoms with Gasteiger partial charge in [0.2, 0.25) is 0 Å². The molecule has 3 rings (SSSR count). The van der Waals surface area contributed by atoms with Crippen LogP contribution in [0.4, 0.5) is 0 Å². The van der Waals surface area contributed by atoms with Gasteiger partial charge in [-0.15, -0.1) is 0 Å². The number of hydrogen-bond acceptors (Lipinski definition) is 4. The predicted molar refractivity (Wildman–Crippen MR) is 97.9 cm³/mol. The van der Waals surface area contributed by atoms with Crippen LogP contribution in [-0.4, -0.2) is 66.3 Å². The molecule has 0 aliphatic carbocycles. The number of carboxylic acids is 1. The Morgan fingerprint density at radius 1 is 1.24 bits per heavy atom. The third kappa shape index (κ3) is 5.17. The van der Waals surface area contributed by atoms with Crippen LogP contribution in [0.3, 0.4) is 0 Å². The fourth-order valence-electron chi connectivity index (χ4n) is 4.09. The zero-order valence-electron chi connectivity index (χ0n) is 14.6. The van der Waals surface area contributed by atoms with Crippen LogP contribution in [0, 0.1) is 5.92 Å². The molecule has 2 aliphatic rings. The monoisotopic (exact) mass is 366 g/mol. The van der Waals surface area contributed by atoms with Gasteiger partial charge < -0.3 is 9.84 Å². The lowest BCUT2D eigenvalue weighted by Gasteiger charge is -2.45. The molecular weight excluding hydrogens is 340 g/mol. The van der Waals surface area contributed by atoms with Gasteiger partial charge in [-0.1, -0.05) is 29.8 Å². The van der Waals surface area contributed by atoms with Crippen LogP contribution >= 0.6 is 11.6 Å². The molecule has 0 unspecified atom stereocenters. The zero-order valence-corrected chi connectivity index (χ0v) is 15.3. The van der Waals surface area contributed by atoms with Crippen LogP contribution < -0.4 is 0 Å². The number of ether oxygens (including phenoxy) is 1. The Morgan fingerprint density at radius 3 is 2.72 bits per heavy atom. The number of nitrogens with zero attached hydrogens (tertiary/aromatic N) is 2. The Balaban J connectivity index is 1.65. The highest BCUT2D eigenvalue weighted by Gasteiger charge is 2.34. The van der Waals surface area contributed by atoms with Gasteiger partial charge in [-0.05, 0) is 36.9 Å². The maximum atomic E-state index is 11.1. The number of carboxylic acid groups (broad SMARTS) is 1. The van der Waals surface area contributed by atoms with Gasteiger partial charge in [0.25, 0.3) is 0 Å². The van der Waals surface area contributed by atoms with Crippen molar-refractivity contribution in [2.75, 3.05) is 39.4 Å². The van der Waals surface area contributed by atoms with Crippen molar-refractivity contribution in [3.63, 3.8) is 0 Å². The fraction of sp³-hybridized carbons (Fsp3) is 0.632. The summed E-state index contributed by atoms with van der Waals surface area (Å²) in [5.74, 6) is -0.325. The van der Waals surface area contributed by atoms with Crippen LogP contribution in [0.2, 0.25) is 5.02 Å². The molecule has 0 spiro atoms. The first-order chi connectivity index (χ1) is 12.1. The number of halogens is 1. The number of rotatable bonds is 6. The van der Waals surface area contributed by atoms with E-state index in [0.29, 0.717) is 12.0 Å². The molecule has 138 valence electrons. The molecule has 1 N–H and O–H groups in total. The quantitative estimate of drug-likeness (QED) is 0.839. The molecule has 0 radical (unpaired) electrons. The normalized spacial score (nSPS) is 25.8. The Kier molecular flexibility index (Phi) is 6.70. The minimum absolute atomic E-state index is 0.242. The van der Waals surface area contributed by atoms with Crippen molar-refractivity contribution in [3.8, 4) is 0 Å². The number of aliphatic carboxylic acids is 1. The summed E-state index contributed by atoms with van der Waals surface area (Å²) < 4.78 is 5.48. The summed E-state index contributed by atoms with van der Waals surface area (Å²) >= 11 is 6.31. The van der Waals surface area contributed by atoms with E-state index in [4.69, 9.17) is 21.4 Å². The summed E-state index contributed by atoms with van der Waals surface area (Å²) in [6.45, 7) is 6.27. The fourth-order valence-corrected chi connectivity index (χ4v) is 4.28. The van der Waals surface area contributed by atoms with Gasteiger partial charge in [0.15, 0.2) is 0 Å². The number of carbonyl (C=O) groups is 1. The van der Waals surface area contributed by atoms with Crippen molar-refractivity contribution >= 4 is 17.6 Å². The average Bonchev–Trinajstić information content (AvgIpc) is 2.63. The molecular formula is C19H27ClN2O3. The van der Waals surface area contributed by atoms with E-state index in [0.717, 1.165) is 69.4 Å². The van der Waals surface area contributed by atoms with Crippen LogP contribution in [-0.2, 0) is 16.1 Å². The third-order valence-corrected chi connectivity index (χ3v) is 5.74. The summed E-state index contributed by atoms with van der Waals surface area (Å²) in [4.78, 5) is 16.0. The zero-order chi connectivity index (χ0) is 17.6. The lowest BCUT2D eigenvalue weighted by molar-refractivity contribution is -0.137. The Hall–Kier alpha value is -1.14. The highest BCUT2D eigenvalue weighted by Crippen LogP contribution is 2.29. The van der Waals surface area contributed by atoms with E-state index in [9.17, 15) is 4.79 Å². The molecule has 2 atom stereocenters. The predicted octanol–water partition coefficient (Wildman–Crippen LogP) is 2.73. The average molecular weight is 367 g/mol. The third-order valence-electron chi connectivity index (χ3n) is 5.37. The van der Waals surface area contributed by atoms with Gasteiger partial charge in [-0.3, -0.25) is 14.6 Å². The molecule has 0 saturated carbocycles. The molecule has 0 amide bonds. The van der Waals surface area contributed by atoms with E-state index in [1.54, 1.807) is 0 Å². The lowest BCUT2D eigenvalue weighted by atomic mass is 9.86. The van der Waals surface area contributed by atoms with Crippen molar-refractivity contribution in [2.24, 2.45) is 5.92 Å². The van der Waals surface area contributed by atoms with Crippen LogP contribution in [0.1, 0.15) is 24.8 Å². The minimum Gasteiger partial charge on any atom is -0.481 e. The van der Waals surface area contributed by atoms with Crippen LogP contribution in [0.25, 0.3) is 0 Å². The first kappa shape index (κ1) is 18.6. The number of likely N-dealkylation sites (tertiary alicyclic amines) is 1. The Morgan fingerprint density at radius 2 is 2.00 bits per heavy atom. The highest BCUT2D eigenvalue weighted by atomic mass is 35.5. The summed E-state index contributed by atoms with van der Waals surface area (Å²) in [6, 6.07) is 8.43. The minimum atomic E-state index is -0.705. The Bertz CT molecular complexity index is 578. The number of hydrogen-bond donors (Lipinski definition) is 1. The van der Waals surface area contributed by atoms with Crippen molar-refractivity contribution in [2.45, 2.75) is 31.8 Å². The maximum absolute atomic E-state index is 11.1. The van der Waals surface area contributed by atoms with Crippen molar-refractivity contribution in [1.29, 1.82) is 0 Å². The van der Waals surface area contributed by atoms with E-state index in [1.165, 1.54) is 0 Å².